The monoisotopic (exact) mass is 207 g/mol. The van der Waals surface area contributed by atoms with E-state index in [4.69, 9.17) is 11.6 Å². The van der Waals surface area contributed by atoms with E-state index >= 15 is 0 Å². The van der Waals surface area contributed by atoms with Crippen molar-refractivity contribution in [2.75, 3.05) is 6.54 Å². The molecule has 5 nitrogen and oxygen atoms in total. The second kappa shape index (κ2) is 5.19. The number of rotatable bonds is 3. The lowest BCUT2D eigenvalue weighted by Crippen LogP contribution is -2.37. The van der Waals surface area contributed by atoms with Crippen LogP contribution in [0.15, 0.2) is 23.3 Å². The molecule has 0 aliphatic heterocycles. The molecule has 0 aliphatic rings. The van der Waals surface area contributed by atoms with Gasteiger partial charge in [0.15, 0.2) is 0 Å². The smallest absolute Gasteiger partial charge is 0.213 e. The van der Waals surface area contributed by atoms with E-state index in [0.717, 1.165) is 17.9 Å². The van der Waals surface area contributed by atoms with Gasteiger partial charge in [0, 0.05) is 12.2 Å². The first kappa shape index (κ1) is 11.3. The lowest BCUT2D eigenvalue weighted by Gasteiger charge is -2.20. The van der Waals surface area contributed by atoms with Crippen molar-refractivity contribution in [3.8, 4) is 0 Å². The van der Waals surface area contributed by atoms with E-state index in [1.807, 2.05) is 36.9 Å². The van der Waals surface area contributed by atoms with Crippen LogP contribution in [0, 0.1) is 6.92 Å². The molecule has 0 spiro atoms. The van der Waals surface area contributed by atoms with Crippen molar-refractivity contribution in [3.05, 3.63) is 29.6 Å². The number of nitrogens with two attached hydrogens (primary N) is 2. The molecule has 0 aromatic carbocycles. The second-order valence-corrected chi connectivity index (χ2v) is 3.27. The van der Waals surface area contributed by atoms with Crippen LogP contribution >= 0.6 is 0 Å². The summed E-state index contributed by atoms with van der Waals surface area (Å²) in [7, 11) is 0. The Morgan fingerprint density at radius 1 is 1.53 bits per heavy atom. The maximum absolute atomic E-state index is 5.64. The molecule has 0 radical (unpaired) electrons. The third-order valence-corrected chi connectivity index (χ3v) is 2.14. The van der Waals surface area contributed by atoms with Crippen LogP contribution in [-0.4, -0.2) is 22.4 Å². The molecule has 0 saturated carbocycles. The first-order valence-electron chi connectivity index (χ1n) is 4.88. The van der Waals surface area contributed by atoms with Crippen LogP contribution in [0.5, 0.6) is 0 Å². The van der Waals surface area contributed by atoms with Crippen molar-refractivity contribution < 1.29 is 0 Å². The quantitative estimate of drug-likeness (QED) is 0.325. The Morgan fingerprint density at radius 3 is 2.80 bits per heavy atom. The van der Waals surface area contributed by atoms with E-state index in [1.165, 1.54) is 0 Å². The number of pyridine rings is 1. The fourth-order valence-corrected chi connectivity index (χ4v) is 1.32. The van der Waals surface area contributed by atoms with E-state index in [0.29, 0.717) is 12.5 Å². The van der Waals surface area contributed by atoms with Gasteiger partial charge in [0.1, 0.15) is 0 Å². The number of hydrogen-bond donors (Lipinski definition) is 2. The predicted octanol–water partition coefficient (Wildman–Crippen LogP) is 0.400. The van der Waals surface area contributed by atoms with Gasteiger partial charge in [-0.15, -0.1) is 5.10 Å². The summed E-state index contributed by atoms with van der Waals surface area (Å²) in [5.74, 6) is 5.47. The van der Waals surface area contributed by atoms with Gasteiger partial charge >= 0.3 is 0 Å². The van der Waals surface area contributed by atoms with Crippen LogP contribution < -0.4 is 11.6 Å². The zero-order valence-corrected chi connectivity index (χ0v) is 9.14. The number of hydrogen-bond acceptors (Lipinski definition) is 3. The normalized spacial score (nSPS) is 11.5. The minimum Gasteiger partial charge on any atom is -0.368 e. The number of guanidine groups is 1. The molecule has 0 fully saturated rings. The molecule has 1 aromatic rings. The van der Waals surface area contributed by atoms with Gasteiger partial charge in [0.2, 0.25) is 5.96 Å². The summed E-state index contributed by atoms with van der Waals surface area (Å²) in [6.07, 6.45) is 0. The highest BCUT2D eigenvalue weighted by molar-refractivity contribution is 5.77. The van der Waals surface area contributed by atoms with Gasteiger partial charge in [-0.05, 0) is 26.0 Å². The molecule has 15 heavy (non-hydrogen) atoms. The van der Waals surface area contributed by atoms with E-state index in [-0.39, 0.29) is 0 Å². The molecule has 1 heterocycles. The largest absolute Gasteiger partial charge is 0.368 e. The highest BCUT2D eigenvalue weighted by Gasteiger charge is 2.06. The Kier molecular flexibility index (Phi) is 3.91. The average molecular weight is 207 g/mol. The summed E-state index contributed by atoms with van der Waals surface area (Å²) in [5, 5.41) is 3.47. The van der Waals surface area contributed by atoms with Crippen LogP contribution in [0.25, 0.3) is 0 Å². The Bertz CT molecular complexity index is 347. The molecular weight excluding hydrogens is 190 g/mol. The maximum Gasteiger partial charge on any atom is 0.213 e. The number of hydrazone groups is 1. The van der Waals surface area contributed by atoms with Crippen LogP contribution in [0.3, 0.4) is 0 Å². The minimum absolute atomic E-state index is 0.334. The molecule has 0 bridgehead atoms. The standard InChI is InChI=1S/C10H17N5/c1-3-15(10(11)14-12)7-9-6-4-5-8(2)13-9/h4-6H,3,7,12H2,1-2H3,(H2,11,14). The van der Waals surface area contributed by atoms with Crippen molar-refractivity contribution in [1.29, 1.82) is 0 Å². The molecule has 0 amide bonds. The van der Waals surface area contributed by atoms with Crippen molar-refractivity contribution in [2.45, 2.75) is 20.4 Å². The van der Waals surface area contributed by atoms with Crippen LogP contribution in [0.1, 0.15) is 18.3 Å². The molecule has 1 rings (SSSR count). The SMILES string of the molecule is CCN(Cc1cccc(C)n1)C(N)=NN. The van der Waals surface area contributed by atoms with Crippen LogP contribution in [0.4, 0.5) is 0 Å². The Labute approximate surface area is 89.8 Å². The third-order valence-electron chi connectivity index (χ3n) is 2.14. The van der Waals surface area contributed by atoms with E-state index in [2.05, 4.69) is 10.1 Å². The second-order valence-electron chi connectivity index (χ2n) is 3.27. The van der Waals surface area contributed by atoms with Crippen molar-refractivity contribution in [1.82, 2.24) is 9.88 Å². The summed E-state index contributed by atoms with van der Waals surface area (Å²) in [6.45, 7) is 5.33. The lowest BCUT2D eigenvalue weighted by molar-refractivity contribution is 0.422. The summed E-state index contributed by atoms with van der Waals surface area (Å²) >= 11 is 0. The number of aryl methyl sites for hydroxylation is 1. The Morgan fingerprint density at radius 2 is 2.27 bits per heavy atom. The zero-order valence-electron chi connectivity index (χ0n) is 9.14. The molecule has 0 atom stereocenters. The van der Waals surface area contributed by atoms with Gasteiger partial charge in [-0.1, -0.05) is 6.07 Å². The van der Waals surface area contributed by atoms with E-state index in [9.17, 15) is 0 Å². The summed E-state index contributed by atoms with van der Waals surface area (Å²) < 4.78 is 0. The van der Waals surface area contributed by atoms with Gasteiger partial charge in [0.05, 0.1) is 12.2 Å². The fourth-order valence-electron chi connectivity index (χ4n) is 1.32. The Hall–Kier alpha value is -1.78. The topological polar surface area (TPSA) is 80.5 Å². The van der Waals surface area contributed by atoms with Gasteiger partial charge in [-0.3, -0.25) is 4.98 Å². The number of aromatic nitrogens is 1. The highest BCUT2D eigenvalue weighted by atomic mass is 15.3. The molecule has 4 N–H and O–H groups in total. The van der Waals surface area contributed by atoms with Crippen LogP contribution in [0.2, 0.25) is 0 Å². The summed E-state index contributed by atoms with van der Waals surface area (Å²) in [6, 6.07) is 5.89. The van der Waals surface area contributed by atoms with Gasteiger partial charge < -0.3 is 16.5 Å². The lowest BCUT2D eigenvalue weighted by atomic mass is 10.3. The van der Waals surface area contributed by atoms with Crippen molar-refractivity contribution >= 4 is 5.96 Å². The predicted molar refractivity (Wildman–Crippen MR) is 60.9 cm³/mol. The van der Waals surface area contributed by atoms with E-state index < -0.39 is 0 Å². The third kappa shape index (κ3) is 3.12. The van der Waals surface area contributed by atoms with Crippen LogP contribution in [-0.2, 0) is 6.54 Å². The minimum atomic E-state index is 0.334. The molecule has 1 aromatic heterocycles. The summed E-state index contributed by atoms with van der Waals surface area (Å²) in [5.41, 5.74) is 7.59. The maximum atomic E-state index is 5.64. The molecule has 0 aliphatic carbocycles. The fraction of sp³-hybridized carbons (Fsp3) is 0.400. The molecular formula is C10H17N5. The summed E-state index contributed by atoms with van der Waals surface area (Å²) in [4.78, 5) is 6.25. The Balaban J connectivity index is 2.75. The van der Waals surface area contributed by atoms with Gasteiger partial charge in [-0.25, -0.2) is 0 Å². The molecule has 82 valence electrons. The average Bonchev–Trinajstić information content (AvgIpc) is 2.25. The van der Waals surface area contributed by atoms with Crippen molar-refractivity contribution in [3.63, 3.8) is 0 Å². The molecule has 0 unspecified atom stereocenters. The zero-order chi connectivity index (χ0) is 11.3. The highest BCUT2D eigenvalue weighted by Crippen LogP contribution is 2.02. The first-order valence-corrected chi connectivity index (χ1v) is 4.88. The van der Waals surface area contributed by atoms with Gasteiger partial charge in [0.25, 0.3) is 0 Å². The molecule has 5 heteroatoms. The number of nitrogens with zero attached hydrogens (tertiary/aromatic N) is 3. The first-order chi connectivity index (χ1) is 7.17. The van der Waals surface area contributed by atoms with Crippen molar-refractivity contribution in [2.24, 2.45) is 16.7 Å². The van der Waals surface area contributed by atoms with E-state index in [1.54, 1.807) is 0 Å². The molecule has 0 saturated heterocycles. The van der Waals surface area contributed by atoms with Gasteiger partial charge in [-0.2, -0.15) is 0 Å².